The summed E-state index contributed by atoms with van der Waals surface area (Å²) in [5.74, 6) is 0. The molecule has 1 fully saturated rings. The van der Waals surface area contributed by atoms with Crippen molar-refractivity contribution in [3.63, 3.8) is 0 Å². The molecule has 0 spiro atoms. The summed E-state index contributed by atoms with van der Waals surface area (Å²) in [5.41, 5.74) is 6.62. The fourth-order valence-corrected chi connectivity index (χ4v) is 2.27. The molecule has 1 aromatic heterocycles. The number of nitrogen functional groups attached to an aromatic ring is 1. The van der Waals surface area contributed by atoms with E-state index in [-0.39, 0.29) is 5.56 Å². The van der Waals surface area contributed by atoms with E-state index in [0.717, 1.165) is 23.6 Å². The molecule has 0 unspecified atom stereocenters. The van der Waals surface area contributed by atoms with Crippen molar-refractivity contribution in [3.8, 4) is 0 Å². The maximum absolute atomic E-state index is 12.2. The molecule has 3 rings (SSSR count). The molecule has 1 saturated carbocycles. The summed E-state index contributed by atoms with van der Waals surface area (Å²) in [6.07, 6.45) is 5.35. The number of aromatic nitrogens is 1. The zero-order chi connectivity index (χ0) is 11.1. The van der Waals surface area contributed by atoms with Crippen LogP contribution in [0.3, 0.4) is 0 Å². The Bertz CT molecular complexity index is 596. The van der Waals surface area contributed by atoms with E-state index in [9.17, 15) is 4.79 Å². The second-order valence-corrected chi connectivity index (χ2v) is 4.42. The summed E-state index contributed by atoms with van der Waals surface area (Å²) in [4.78, 5) is 12.2. The Kier molecular flexibility index (Phi) is 1.99. The monoisotopic (exact) mass is 214 g/mol. The molecule has 3 heteroatoms. The molecule has 0 radical (unpaired) electrons. The molecule has 1 aromatic carbocycles. The molecule has 16 heavy (non-hydrogen) atoms. The van der Waals surface area contributed by atoms with Crippen LogP contribution in [0.15, 0.2) is 35.3 Å². The first-order valence-electron chi connectivity index (χ1n) is 5.67. The lowest BCUT2D eigenvalue weighted by Gasteiger charge is -2.27. The molecule has 0 amide bonds. The van der Waals surface area contributed by atoms with E-state index in [2.05, 4.69) is 0 Å². The van der Waals surface area contributed by atoms with Crippen LogP contribution >= 0.6 is 0 Å². The summed E-state index contributed by atoms with van der Waals surface area (Å²) in [6, 6.07) is 7.87. The van der Waals surface area contributed by atoms with Crippen LogP contribution < -0.4 is 11.3 Å². The molecule has 0 atom stereocenters. The molecule has 1 aliphatic rings. The quantitative estimate of drug-likeness (QED) is 0.740. The number of hydrogen-bond donors (Lipinski definition) is 1. The third-order valence-electron chi connectivity index (χ3n) is 3.47. The van der Waals surface area contributed by atoms with Gasteiger partial charge in [-0.05, 0) is 37.5 Å². The Hall–Kier alpha value is -1.77. The zero-order valence-corrected chi connectivity index (χ0v) is 9.02. The second-order valence-electron chi connectivity index (χ2n) is 4.42. The second kappa shape index (κ2) is 3.37. The van der Waals surface area contributed by atoms with Crippen LogP contribution in [0.2, 0.25) is 0 Å². The Labute approximate surface area is 93.5 Å². The van der Waals surface area contributed by atoms with Gasteiger partial charge in [-0.3, -0.25) is 4.79 Å². The van der Waals surface area contributed by atoms with Crippen LogP contribution in [-0.4, -0.2) is 4.57 Å². The number of rotatable bonds is 1. The number of nitrogens with two attached hydrogens (primary N) is 1. The molecular formula is C13H14N2O. The van der Waals surface area contributed by atoms with Crippen LogP contribution in [0.25, 0.3) is 10.8 Å². The molecule has 2 N–H and O–H groups in total. The molecule has 1 aliphatic carbocycles. The zero-order valence-electron chi connectivity index (χ0n) is 9.02. The molecule has 0 saturated heterocycles. The van der Waals surface area contributed by atoms with Gasteiger partial charge in [-0.2, -0.15) is 0 Å². The van der Waals surface area contributed by atoms with Gasteiger partial charge in [0, 0.05) is 28.7 Å². The Morgan fingerprint density at radius 1 is 1.19 bits per heavy atom. The molecule has 0 aliphatic heterocycles. The van der Waals surface area contributed by atoms with Crippen LogP contribution in [0, 0.1) is 0 Å². The largest absolute Gasteiger partial charge is 0.398 e. The fourth-order valence-electron chi connectivity index (χ4n) is 2.27. The van der Waals surface area contributed by atoms with Crippen molar-refractivity contribution >= 4 is 16.5 Å². The minimum absolute atomic E-state index is 0.0921. The van der Waals surface area contributed by atoms with Crippen molar-refractivity contribution in [3.05, 3.63) is 40.8 Å². The smallest absolute Gasteiger partial charge is 0.258 e. The van der Waals surface area contributed by atoms with E-state index in [4.69, 9.17) is 5.73 Å². The average molecular weight is 214 g/mol. The first-order chi connectivity index (χ1) is 7.77. The fraction of sp³-hybridized carbons (Fsp3) is 0.308. The lowest BCUT2D eigenvalue weighted by atomic mass is 9.92. The lowest BCUT2D eigenvalue weighted by Crippen LogP contribution is -2.28. The van der Waals surface area contributed by atoms with Gasteiger partial charge >= 0.3 is 0 Å². The van der Waals surface area contributed by atoms with Gasteiger partial charge in [0.05, 0.1) is 0 Å². The number of hydrogen-bond acceptors (Lipinski definition) is 2. The van der Waals surface area contributed by atoms with Gasteiger partial charge in [-0.25, -0.2) is 0 Å². The number of pyridine rings is 1. The van der Waals surface area contributed by atoms with E-state index in [1.807, 2.05) is 35.0 Å². The molecule has 0 bridgehead atoms. The maximum Gasteiger partial charge on any atom is 0.258 e. The maximum atomic E-state index is 12.2. The van der Waals surface area contributed by atoms with Gasteiger partial charge in [0.2, 0.25) is 0 Å². The molecular weight excluding hydrogens is 200 g/mol. The van der Waals surface area contributed by atoms with Gasteiger partial charge in [-0.15, -0.1) is 0 Å². The van der Waals surface area contributed by atoms with E-state index in [1.165, 1.54) is 6.42 Å². The highest BCUT2D eigenvalue weighted by atomic mass is 16.1. The van der Waals surface area contributed by atoms with Crippen molar-refractivity contribution < 1.29 is 0 Å². The Morgan fingerprint density at radius 2 is 2.00 bits per heavy atom. The third-order valence-corrected chi connectivity index (χ3v) is 3.47. The number of nitrogens with zero attached hydrogens (tertiary/aromatic N) is 1. The highest BCUT2D eigenvalue weighted by Crippen LogP contribution is 2.30. The van der Waals surface area contributed by atoms with Crippen LogP contribution in [0.4, 0.5) is 5.69 Å². The number of fused-ring (bicyclic) bond motifs is 1. The minimum Gasteiger partial charge on any atom is -0.398 e. The summed E-state index contributed by atoms with van der Waals surface area (Å²) in [7, 11) is 0. The SMILES string of the molecule is Nc1cccc2c(=O)n(C3CCC3)ccc12. The Morgan fingerprint density at radius 3 is 2.69 bits per heavy atom. The summed E-state index contributed by atoms with van der Waals surface area (Å²) in [5, 5.41) is 1.59. The third kappa shape index (κ3) is 1.24. The molecule has 82 valence electrons. The molecule has 3 nitrogen and oxygen atoms in total. The molecule has 2 aromatic rings. The van der Waals surface area contributed by atoms with Crippen molar-refractivity contribution in [2.45, 2.75) is 25.3 Å². The normalized spacial score (nSPS) is 16.2. The van der Waals surface area contributed by atoms with Gasteiger partial charge in [-0.1, -0.05) is 6.07 Å². The number of anilines is 1. The van der Waals surface area contributed by atoms with E-state index >= 15 is 0 Å². The van der Waals surface area contributed by atoms with E-state index in [0.29, 0.717) is 11.7 Å². The summed E-state index contributed by atoms with van der Waals surface area (Å²) in [6.45, 7) is 0. The van der Waals surface area contributed by atoms with Crippen molar-refractivity contribution in [1.82, 2.24) is 4.57 Å². The van der Waals surface area contributed by atoms with Gasteiger partial charge in [0.1, 0.15) is 0 Å². The van der Waals surface area contributed by atoms with Gasteiger partial charge in [0.15, 0.2) is 0 Å². The molecule has 1 heterocycles. The van der Waals surface area contributed by atoms with Gasteiger partial charge in [0.25, 0.3) is 5.56 Å². The van der Waals surface area contributed by atoms with Crippen molar-refractivity contribution in [2.75, 3.05) is 5.73 Å². The number of benzene rings is 1. The van der Waals surface area contributed by atoms with Crippen LogP contribution in [0.1, 0.15) is 25.3 Å². The topological polar surface area (TPSA) is 48.0 Å². The first kappa shape index (κ1) is 9.46. The van der Waals surface area contributed by atoms with E-state index in [1.54, 1.807) is 0 Å². The predicted molar refractivity (Wildman–Crippen MR) is 65.5 cm³/mol. The lowest BCUT2D eigenvalue weighted by molar-refractivity contribution is 0.307. The van der Waals surface area contributed by atoms with Crippen LogP contribution in [-0.2, 0) is 0 Å². The average Bonchev–Trinajstić information content (AvgIpc) is 2.20. The van der Waals surface area contributed by atoms with Crippen molar-refractivity contribution in [1.29, 1.82) is 0 Å². The highest BCUT2D eigenvalue weighted by Gasteiger charge is 2.20. The summed E-state index contributed by atoms with van der Waals surface area (Å²) < 4.78 is 1.85. The standard InChI is InChI=1S/C13H14N2O/c14-12-6-2-5-11-10(12)7-8-15(13(11)16)9-3-1-4-9/h2,5-9H,1,3-4,14H2. The van der Waals surface area contributed by atoms with Crippen molar-refractivity contribution in [2.24, 2.45) is 0 Å². The summed E-state index contributed by atoms with van der Waals surface area (Å²) >= 11 is 0. The van der Waals surface area contributed by atoms with Gasteiger partial charge < -0.3 is 10.3 Å². The van der Waals surface area contributed by atoms with Crippen LogP contribution in [0.5, 0.6) is 0 Å². The highest BCUT2D eigenvalue weighted by molar-refractivity contribution is 5.91. The Balaban J connectivity index is 2.27. The minimum atomic E-state index is 0.0921. The first-order valence-corrected chi connectivity index (χ1v) is 5.67. The predicted octanol–water partition coefficient (Wildman–Crippen LogP) is 2.31. The van der Waals surface area contributed by atoms with E-state index < -0.39 is 0 Å².